The highest BCUT2D eigenvalue weighted by Crippen LogP contribution is 2.48. The van der Waals surface area contributed by atoms with Gasteiger partial charge in [0.1, 0.15) is 11.5 Å². The lowest BCUT2D eigenvalue weighted by Crippen LogP contribution is -2.18. The number of benzene rings is 4. The van der Waals surface area contributed by atoms with E-state index in [1.54, 1.807) is 60.7 Å². The Morgan fingerprint density at radius 1 is 0.438 bits per heavy atom. The Hall–Kier alpha value is -3.14. The maximum Gasteiger partial charge on any atom is 0.408 e. The molecule has 4 aromatic rings. The second-order valence-electron chi connectivity index (χ2n) is 16.7. The zero-order valence-corrected chi connectivity index (χ0v) is 32.3. The van der Waals surface area contributed by atoms with Gasteiger partial charge < -0.3 is 18.8 Å². The van der Waals surface area contributed by atoms with E-state index >= 15 is 0 Å². The van der Waals surface area contributed by atoms with Crippen molar-refractivity contribution >= 4 is 25.8 Å². The van der Waals surface area contributed by atoms with Gasteiger partial charge in [-0.3, -0.25) is 0 Å². The van der Waals surface area contributed by atoms with Crippen LogP contribution in [0.2, 0.25) is 0 Å². The maximum absolute atomic E-state index is 13.5. The normalized spacial score (nSPS) is 15.4. The van der Waals surface area contributed by atoms with Crippen LogP contribution in [0.4, 0.5) is 0 Å². The van der Waals surface area contributed by atoms with Crippen LogP contribution in [-0.2, 0) is 30.8 Å². The van der Waals surface area contributed by atoms with Crippen molar-refractivity contribution in [2.45, 2.75) is 105 Å². The smallest absolute Gasteiger partial charge is 0.408 e. The van der Waals surface area contributed by atoms with Crippen molar-refractivity contribution in [3.8, 4) is 22.6 Å². The van der Waals surface area contributed by atoms with Crippen molar-refractivity contribution in [3.05, 3.63) is 107 Å². The Balaban J connectivity index is 1.56. The van der Waals surface area contributed by atoms with Crippen LogP contribution < -0.4 is 19.7 Å². The van der Waals surface area contributed by atoms with Crippen LogP contribution in [0.15, 0.2) is 84.9 Å². The summed E-state index contributed by atoms with van der Waals surface area (Å²) in [5.41, 5.74) is 4.76. The lowest BCUT2D eigenvalue weighted by atomic mass is 9.80. The molecule has 0 saturated carbocycles. The van der Waals surface area contributed by atoms with Gasteiger partial charge in [-0.2, -0.15) is 0 Å². The van der Waals surface area contributed by atoms with Crippen LogP contribution >= 0.6 is 15.2 Å². The molecule has 8 heteroatoms. The van der Waals surface area contributed by atoms with Gasteiger partial charge in [0, 0.05) is 11.1 Å². The minimum absolute atomic E-state index is 0.0786. The number of rotatable bonds is 7. The Kier molecular flexibility index (Phi) is 10.2. The molecule has 0 spiro atoms. The van der Waals surface area contributed by atoms with E-state index in [-0.39, 0.29) is 32.3 Å². The third-order valence-corrected chi connectivity index (χ3v) is 11.3. The quantitative estimate of drug-likeness (QED) is 0.188. The van der Waals surface area contributed by atoms with Gasteiger partial charge in [0.25, 0.3) is 0 Å². The van der Waals surface area contributed by atoms with Gasteiger partial charge >= 0.3 is 15.2 Å². The molecule has 0 radical (unpaired) electrons. The van der Waals surface area contributed by atoms with Crippen molar-refractivity contribution in [3.63, 3.8) is 0 Å². The summed E-state index contributed by atoms with van der Waals surface area (Å²) in [4.78, 5) is 22.1. The van der Waals surface area contributed by atoms with Crippen LogP contribution in [0.5, 0.6) is 11.5 Å². The Bertz CT molecular complexity index is 1730. The third kappa shape index (κ3) is 8.71. The zero-order chi connectivity index (χ0) is 36.1. The predicted molar refractivity (Wildman–Crippen MR) is 200 cm³/mol. The molecule has 4 rings (SSSR count). The highest BCUT2D eigenvalue weighted by atomic mass is 31.2. The van der Waals surface area contributed by atoms with Gasteiger partial charge in [-0.25, -0.2) is 9.13 Å². The van der Waals surface area contributed by atoms with E-state index in [2.05, 4.69) is 95.2 Å². The van der Waals surface area contributed by atoms with Gasteiger partial charge in [0.05, 0.1) is 10.6 Å². The van der Waals surface area contributed by atoms with Gasteiger partial charge in [-0.1, -0.05) is 132 Å². The van der Waals surface area contributed by atoms with Crippen molar-refractivity contribution in [2.24, 2.45) is 0 Å². The molecule has 0 fully saturated rings. The standard InChI is InChI=1S/C40H52O6P2/c1-37(2,3)29-17-23-35(33(25-29)39(7,8)9)45-47(41,42)31-19-13-27(14-20-31)28-15-21-32(22-16-28)48(43,44)46-36-24-18-30(38(4,5)6)26-34(36)40(10,11)12/h13-26H,1-12H3,(H,41,42)(H,43,44). The number of hydrogen-bond donors (Lipinski definition) is 2. The summed E-state index contributed by atoms with van der Waals surface area (Å²) >= 11 is 0. The maximum atomic E-state index is 13.5. The molecule has 4 aromatic carbocycles. The molecule has 48 heavy (non-hydrogen) atoms. The molecule has 258 valence electrons. The van der Waals surface area contributed by atoms with Crippen molar-refractivity contribution in [2.75, 3.05) is 0 Å². The van der Waals surface area contributed by atoms with Crippen LogP contribution in [0, 0.1) is 0 Å². The highest BCUT2D eigenvalue weighted by molar-refractivity contribution is 7.62. The molecule has 0 aliphatic carbocycles. The van der Waals surface area contributed by atoms with E-state index < -0.39 is 15.2 Å². The summed E-state index contributed by atoms with van der Waals surface area (Å²) in [6, 6.07) is 24.9. The summed E-state index contributed by atoms with van der Waals surface area (Å²) in [5.74, 6) is 0.771. The average Bonchev–Trinajstić information content (AvgIpc) is 2.95. The molecule has 0 saturated heterocycles. The second-order valence-corrected chi connectivity index (χ2v) is 20.2. The summed E-state index contributed by atoms with van der Waals surface area (Å²) < 4.78 is 38.7. The first-order chi connectivity index (χ1) is 21.8. The summed E-state index contributed by atoms with van der Waals surface area (Å²) in [6.45, 7) is 25.1. The lowest BCUT2D eigenvalue weighted by Gasteiger charge is -2.28. The molecule has 0 amide bonds. The first-order valence-electron chi connectivity index (χ1n) is 16.4. The van der Waals surface area contributed by atoms with Gasteiger partial charge in [-0.05, 0) is 80.3 Å². The summed E-state index contributed by atoms with van der Waals surface area (Å²) in [7, 11) is -8.42. The Labute approximate surface area is 287 Å². The fraction of sp³-hybridized carbons (Fsp3) is 0.400. The largest absolute Gasteiger partial charge is 0.421 e. The SMILES string of the molecule is CC(C)(C)c1ccc(OP(=O)(O)c2ccc(-c3ccc(P(=O)(O)Oc4ccc(C(C)(C)C)cc4C(C)(C)C)cc3)cc2)c(C(C)(C)C)c1. The van der Waals surface area contributed by atoms with Crippen molar-refractivity contribution < 1.29 is 28.0 Å². The molecule has 2 unspecified atom stereocenters. The zero-order valence-electron chi connectivity index (χ0n) is 30.5. The topological polar surface area (TPSA) is 93.1 Å². The fourth-order valence-electron chi connectivity index (χ4n) is 5.38. The first-order valence-corrected chi connectivity index (χ1v) is 19.5. The minimum Gasteiger partial charge on any atom is -0.421 e. The van der Waals surface area contributed by atoms with Gasteiger partial charge in [0.15, 0.2) is 0 Å². The van der Waals surface area contributed by atoms with E-state index in [9.17, 15) is 18.9 Å². The summed E-state index contributed by atoms with van der Waals surface area (Å²) in [5, 5.41) is 0.339. The van der Waals surface area contributed by atoms with Gasteiger partial charge in [-0.15, -0.1) is 0 Å². The highest BCUT2D eigenvalue weighted by Gasteiger charge is 2.31. The molecule has 2 N–H and O–H groups in total. The van der Waals surface area contributed by atoms with Crippen molar-refractivity contribution in [1.29, 1.82) is 0 Å². The Morgan fingerprint density at radius 2 is 0.729 bits per heavy atom. The van der Waals surface area contributed by atoms with Gasteiger partial charge in [0.2, 0.25) is 0 Å². The van der Waals surface area contributed by atoms with Crippen LogP contribution in [0.1, 0.15) is 105 Å². The van der Waals surface area contributed by atoms with Crippen LogP contribution in [0.3, 0.4) is 0 Å². The number of hydrogen-bond acceptors (Lipinski definition) is 4. The Morgan fingerprint density at radius 3 is 0.979 bits per heavy atom. The van der Waals surface area contributed by atoms with Crippen LogP contribution in [0.25, 0.3) is 11.1 Å². The molecule has 0 aliphatic rings. The monoisotopic (exact) mass is 690 g/mol. The van der Waals surface area contributed by atoms with Crippen molar-refractivity contribution in [1.82, 2.24) is 0 Å². The molecule has 2 atom stereocenters. The van der Waals surface area contributed by atoms with E-state index in [0.717, 1.165) is 33.4 Å². The molecular formula is C40H52O6P2. The molecule has 6 nitrogen and oxygen atoms in total. The van der Waals surface area contributed by atoms with Crippen LogP contribution in [-0.4, -0.2) is 9.79 Å². The summed E-state index contributed by atoms with van der Waals surface area (Å²) in [6.07, 6.45) is 0. The molecule has 0 heterocycles. The second kappa shape index (κ2) is 13.0. The molecular weight excluding hydrogens is 638 g/mol. The molecule has 0 bridgehead atoms. The lowest BCUT2D eigenvalue weighted by molar-refractivity contribution is 0.385. The predicted octanol–water partition coefficient (Wildman–Crippen LogP) is 10.3. The first kappa shape index (κ1) is 37.7. The fourth-order valence-corrected chi connectivity index (χ4v) is 7.50. The molecule has 0 aromatic heterocycles. The van der Waals surface area contributed by atoms with E-state index in [0.29, 0.717) is 11.5 Å². The van der Waals surface area contributed by atoms with E-state index in [4.69, 9.17) is 9.05 Å². The third-order valence-electron chi connectivity index (χ3n) is 8.47. The molecule has 0 aliphatic heterocycles. The van der Waals surface area contributed by atoms with E-state index in [1.165, 1.54) is 0 Å². The average molecular weight is 691 g/mol. The minimum atomic E-state index is -4.21. The van der Waals surface area contributed by atoms with E-state index in [1.807, 2.05) is 12.1 Å².